The minimum atomic E-state index is -0.0793. The summed E-state index contributed by atoms with van der Waals surface area (Å²) in [5.74, 6) is 0.691. The van der Waals surface area contributed by atoms with Crippen LogP contribution >= 0.6 is 12.4 Å². The summed E-state index contributed by atoms with van der Waals surface area (Å²) in [4.78, 5) is 11.8. The fraction of sp³-hybridized carbons (Fsp3) is 0.438. The van der Waals surface area contributed by atoms with E-state index < -0.39 is 0 Å². The van der Waals surface area contributed by atoms with Crippen molar-refractivity contribution in [2.75, 3.05) is 26.2 Å². The van der Waals surface area contributed by atoms with Gasteiger partial charge in [0.25, 0.3) is 5.91 Å². The number of amides is 1. The van der Waals surface area contributed by atoms with Crippen LogP contribution in [0.1, 0.15) is 17.5 Å². The zero-order chi connectivity index (χ0) is 14.4. The van der Waals surface area contributed by atoms with Gasteiger partial charge in [0.1, 0.15) is 5.75 Å². The van der Waals surface area contributed by atoms with Gasteiger partial charge >= 0.3 is 0 Å². The van der Waals surface area contributed by atoms with Crippen molar-refractivity contribution in [3.8, 4) is 5.75 Å². The lowest BCUT2D eigenvalue weighted by Gasteiger charge is -2.15. The Morgan fingerprint density at radius 1 is 1.38 bits per heavy atom. The average molecular weight is 311 g/mol. The number of aryl methyl sites for hydroxylation is 2. The molecule has 1 aliphatic rings. The summed E-state index contributed by atoms with van der Waals surface area (Å²) in [6.07, 6.45) is 3.13. The molecule has 0 saturated carbocycles. The van der Waals surface area contributed by atoms with Crippen LogP contribution in [-0.2, 0) is 4.79 Å². The van der Waals surface area contributed by atoms with Crippen molar-refractivity contribution in [1.82, 2.24) is 10.6 Å². The first-order valence-electron chi connectivity index (χ1n) is 7.00. The Labute approximate surface area is 132 Å². The maximum Gasteiger partial charge on any atom is 0.258 e. The number of halogens is 1. The molecule has 0 fully saturated rings. The average Bonchev–Trinajstić information content (AvgIpc) is 2.45. The Morgan fingerprint density at radius 2 is 2.19 bits per heavy atom. The largest absolute Gasteiger partial charge is 0.484 e. The van der Waals surface area contributed by atoms with Crippen molar-refractivity contribution >= 4 is 18.3 Å². The maximum absolute atomic E-state index is 11.8. The molecule has 0 bridgehead atoms. The number of rotatable bonds is 5. The Hall–Kier alpha value is -1.52. The van der Waals surface area contributed by atoms with Gasteiger partial charge in [0.15, 0.2) is 6.61 Å². The van der Waals surface area contributed by atoms with Crippen molar-refractivity contribution in [1.29, 1.82) is 0 Å². The number of ether oxygens (including phenoxy) is 1. The molecule has 0 atom stereocenters. The zero-order valence-electron chi connectivity index (χ0n) is 12.6. The van der Waals surface area contributed by atoms with E-state index in [2.05, 4.69) is 16.7 Å². The second-order valence-electron chi connectivity index (χ2n) is 5.15. The molecule has 5 heteroatoms. The summed E-state index contributed by atoms with van der Waals surface area (Å²) < 4.78 is 5.55. The van der Waals surface area contributed by atoms with Gasteiger partial charge < -0.3 is 15.4 Å². The van der Waals surface area contributed by atoms with E-state index in [4.69, 9.17) is 4.74 Å². The molecule has 116 valence electrons. The van der Waals surface area contributed by atoms with E-state index in [0.717, 1.165) is 30.8 Å². The van der Waals surface area contributed by atoms with Gasteiger partial charge in [-0.25, -0.2) is 0 Å². The summed E-state index contributed by atoms with van der Waals surface area (Å²) in [5.41, 5.74) is 3.53. The molecule has 1 aliphatic heterocycles. The lowest BCUT2D eigenvalue weighted by molar-refractivity contribution is -0.122. The molecular weight excluding hydrogens is 288 g/mol. The third kappa shape index (κ3) is 5.78. The second kappa shape index (κ2) is 8.70. The van der Waals surface area contributed by atoms with E-state index in [1.54, 1.807) is 0 Å². The lowest BCUT2D eigenvalue weighted by Crippen LogP contribution is -2.32. The maximum atomic E-state index is 11.8. The van der Waals surface area contributed by atoms with Crippen molar-refractivity contribution < 1.29 is 9.53 Å². The first-order valence-corrected chi connectivity index (χ1v) is 7.00. The fourth-order valence-corrected chi connectivity index (χ4v) is 2.20. The minimum Gasteiger partial charge on any atom is -0.484 e. The smallest absolute Gasteiger partial charge is 0.258 e. The van der Waals surface area contributed by atoms with Gasteiger partial charge in [0.05, 0.1) is 0 Å². The molecule has 0 radical (unpaired) electrons. The minimum absolute atomic E-state index is 0. The Kier molecular flexibility index (Phi) is 7.26. The van der Waals surface area contributed by atoms with Crippen molar-refractivity contribution in [2.24, 2.45) is 0 Å². The predicted octanol–water partition coefficient (Wildman–Crippen LogP) is 2.14. The molecule has 0 aliphatic carbocycles. The molecule has 1 heterocycles. The van der Waals surface area contributed by atoms with E-state index in [1.807, 2.05) is 32.0 Å². The van der Waals surface area contributed by atoms with Crippen molar-refractivity contribution in [2.45, 2.75) is 20.3 Å². The molecule has 0 spiro atoms. The van der Waals surface area contributed by atoms with Crippen LogP contribution in [0.3, 0.4) is 0 Å². The highest BCUT2D eigenvalue weighted by Gasteiger charge is 2.07. The number of carbonyl (C=O) groups excluding carboxylic acids is 1. The van der Waals surface area contributed by atoms with Gasteiger partial charge in [-0.2, -0.15) is 0 Å². The van der Waals surface area contributed by atoms with Crippen LogP contribution in [0.4, 0.5) is 0 Å². The molecule has 4 nitrogen and oxygen atoms in total. The quantitative estimate of drug-likeness (QED) is 0.819. The standard InChI is InChI=1S/C16H22N2O2.ClH/c1-12-3-4-15(13(2)9-12)20-11-16(19)18-10-14-5-7-17-8-6-14;/h3-5,9,17H,6-8,10-11H2,1-2H3,(H,18,19);1H. The molecule has 2 N–H and O–H groups in total. The van der Waals surface area contributed by atoms with Crippen LogP contribution in [-0.4, -0.2) is 32.1 Å². The van der Waals surface area contributed by atoms with Gasteiger partial charge in [0.2, 0.25) is 0 Å². The van der Waals surface area contributed by atoms with Crippen molar-refractivity contribution in [3.63, 3.8) is 0 Å². The molecular formula is C16H23ClN2O2. The van der Waals surface area contributed by atoms with Crippen LogP contribution in [0.2, 0.25) is 0 Å². The molecule has 0 unspecified atom stereocenters. The summed E-state index contributed by atoms with van der Waals surface area (Å²) in [7, 11) is 0. The summed E-state index contributed by atoms with van der Waals surface area (Å²) >= 11 is 0. The molecule has 1 aromatic carbocycles. The number of nitrogens with one attached hydrogen (secondary N) is 2. The number of benzene rings is 1. The molecule has 0 aromatic heterocycles. The lowest BCUT2D eigenvalue weighted by atomic mass is 10.1. The Bertz CT molecular complexity index is 515. The van der Waals surface area contributed by atoms with Crippen molar-refractivity contribution in [3.05, 3.63) is 41.0 Å². The van der Waals surface area contributed by atoms with E-state index >= 15 is 0 Å². The summed E-state index contributed by atoms with van der Waals surface area (Å²) in [6.45, 7) is 6.59. The first kappa shape index (κ1) is 17.5. The van der Waals surface area contributed by atoms with Gasteiger partial charge in [-0.1, -0.05) is 29.3 Å². The van der Waals surface area contributed by atoms with Gasteiger partial charge in [-0.15, -0.1) is 12.4 Å². The second-order valence-corrected chi connectivity index (χ2v) is 5.15. The highest BCUT2D eigenvalue weighted by Crippen LogP contribution is 2.18. The Balaban J connectivity index is 0.00000220. The normalized spacial score (nSPS) is 13.9. The molecule has 21 heavy (non-hydrogen) atoms. The fourth-order valence-electron chi connectivity index (χ4n) is 2.20. The molecule has 1 amide bonds. The van der Waals surface area contributed by atoms with Crippen LogP contribution in [0.15, 0.2) is 29.8 Å². The molecule has 2 rings (SSSR count). The van der Waals surface area contributed by atoms with E-state index in [0.29, 0.717) is 6.54 Å². The highest BCUT2D eigenvalue weighted by molar-refractivity contribution is 5.85. The molecule has 0 saturated heterocycles. The van der Waals surface area contributed by atoms with E-state index in [1.165, 1.54) is 11.1 Å². The number of carbonyl (C=O) groups is 1. The van der Waals surface area contributed by atoms with Crippen LogP contribution in [0.25, 0.3) is 0 Å². The third-order valence-electron chi connectivity index (χ3n) is 3.36. The van der Waals surface area contributed by atoms with Gasteiger partial charge in [-0.05, 0) is 38.4 Å². The van der Waals surface area contributed by atoms with E-state index in [-0.39, 0.29) is 24.9 Å². The number of hydrogen-bond donors (Lipinski definition) is 2. The molecule has 1 aromatic rings. The van der Waals surface area contributed by atoms with Crippen LogP contribution < -0.4 is 15.4 Å². The topological polar surface area (TPSA) is 50.4 Å². The van der Waals surface area contributed by atoms with Crippen LogP contribution in [0, 0.1) is 13.8 Å². The van der Waals surface area contributed by atoms with Gasteiger partial charge in [-0.3, -0.25) is 4.79 Å². The predicted molar refractivity (Wildman–Crippen MR) is 87.2 cm³/mol. The summed E-state index contributed by atoms with van der Waals surface area (Å²) in [6, 6.07) is 5.94. The highest BCUT2D eigenvalue weighted by atomic mass is 35.5. The van der Waals surface area contributed by atoms with E-state index in [9.17, 15) is 4.79 Å². The third-order valence-corrected chi connectivity index (χ3v) is 3.36. The monoisotopic (exact) mass is 310 g/mol. The Morgan fingerprint density at radius 3 is 2.86 bits per heavy atom. The van der Waals surface area contributed by atoms with Gasteiger partial charge in [0, 0.05) is 13.1 Å². The SMILES string of the molecule is Cc1ccc(OCC(=O)NCC2=CCNCC2)c(C)c1.Cl. The van der Waals surface area contributed by atoms with Crippen LogP contribution in [0.5, 0.6) is 5.75 Å². The first-order chi connectivity index (χ1) is 9.65. The number of hydrogen-bond acceptors (Lipinski definition) is 3. The summed E-state index contributed by atoms with van der Waals surface area (Å²) in [5, 5.41) is 6.14. The zero-order valence-corrected chi connectivity index (χ0v) is 13.4.